The van der Waals surface area contributed by atoms with Gasteiger partial charge in [-0.1, -0.05) is 6.92 Å². The van der Waals surface area contributed by atoms with Crippen molar-refractivity contribution in [3.05, 3.63) is 18.0 Å². The third-order valence-electron chi connectivity index (χ3n) is 3.12. The molecule has 0 spiro atoms. The highest BCUT2D eigenvalue weighted by Gasteiger charge is 2.13. The van der Waals surface area contributed by atoms with Crippen molar-refractivity contribution >= 4 is 11.8 Å². The molecule has 2 aromatic heterocycles. The van der Waals surface area contributed by atoms with E-state index in [9.17, 15) is 0 Å². The maximum Gasteiger partial charge on any atom is 0.277 e. The number of nitrogen functional groups attached to an aromatic ring is 2. The molecule has 0 atom stereocenters. The molecule has 0 fully saturated rings. The van der Waals surface area contributed by atoms with Gasteiger partial charge in [0.2, 0.25) is 5.95 Å². The Balaban J connectivity index is 0.000000445. The number of aromatic nitrogens is 4. The molecule has 0 saturated carbocycles. The lowest BCUT2D eigenvalue weighted by Crippen LogP contribution is -2.18. The lowest BCUT2D eigenvalue weighted by atomic mass is 10.3. The number of aliphatic hydroxyl groups excluding tert-OH is 1. The van der Waals surface area contributed by atoms with E-state index in [1.165, 1.54) is 14.2 Å². The van der Waals surface area contributed by atoms with Crippen LogP contribution in [0, 0.1) is 0 Å². The zero-order valence-electron chi connectivity index (χ0n) is 15.8. The first-order valence-electron chi connectivity index (χ1n) is 8.33. The van der Waals surface area contributed by atoms with Crippen molar-refractivity contribution in [2.24, 2.45) is 0 Å². The topological polar surface area (TPSA) is 164 Å². The van der Waals surface area contributed by atoms with E-state index >= 15 is 0 Å². The molecule has 0 aromatic carbocycles. The molecule has 2 aromatic rings. The van der Waals surface area contributed by atoms with E-state index in [1.807, 2.05) is 0 Å². The van der Waals surface area contributed by atoms with Crippen molar-refractivity contribution in [3.63, 3.8) is 0 Å². The fraction of sp³-hybridized carbons (Fsp3) is 0.500. The van der Waals surface area contributed by atoms with Crippen molar-refractivity contribution in [2.45, 2.75) is 20.0 Å². The molecular formula is C16H27N7O4. The highest BCUT2D eigenvalue weighted by molar-refractivity contribution is 5.44. The Hall–Kier alpha value is -2.92. The Morgan fingerprint density at radius 1 is 1.15 bits per heavy atom. The predicted molar refractivity (Wildman–Crippen MR) is 101 cm³/mol. The highest BCUT2D eigenvalue weighted by atomic mass is 16.5. The van der Waals surface area contributed by atoms with Crippen LogP contribution < -0.4 is 31.0 Å². The average molecular weight is 381 g/mol. The minimum Gasteiger partial charge on any atom is -0.493 e. The second kappa shape index (κ2) is 12.4. The Labute approximate surface area is 158 Å². The van der Waals surface area contributed by atoms with Crippen LogP contribution in [0.3, 0.4) is 0 Å². The molecule has 0 radical (unpaired) electrons. The summed E-state index contributed by atoms with van der Waals surface area (Å²) in [5.41, 5.74) is 11.5. The summed E-state index contributed by atoms with van der Waals surface area (Å²) in [6.07, 6.45) is 2.72. The van der Waals surface area contributed by atoms with E-state index in [4.69, 9.17) is 30.8 Å². The quantitative estimate of drug-likeness (QED) is 0.432. The molecule has 150 valence electrons. The van der Waals surface area contributed by atoms with Crippen LogP contribution in [0.5, 0.6) is 17.4 Å². The second-order valence-corrected chi connectivity index (χ2v) is 5.12. The number of ether oxygens (including phenoxy) is 3. The van der Waals surface area contributed by atoms with Gasteiger partial charge in [-0.2, -0.15) is 4.98 Å². The van der Waals surface area contributed by atoms with Gasteiger partial charge >= 0.3 is 0 Å². The predicted octanol–water partition coefficient (Wildman–Crippen LogP) is 0.00550. The number of nitrogens with one attached hydrogen (secondary N) is 1. The second-order valence-electron chi connectivity index (χ2n) is 5.12. The first-order valence-corrected chi connectivity index (χ1v) is 8.33. The number of hydrogen-bond donors (Lipinski definition) is 4. The fourth-order valence-corrected chi connectivity index (χ4v) is 1.92. The molecule has 0 saturated heterocycles. The molecule has 2 heterocycles. The largest absolute Gasteiger partial charge is 0.493 e. The minimum atomic E-state index is -0.0214. The maximum absolute atomic E-state index is 8.23. The number of anilines is 2. The van der Waals surface area contributed by atoms with Gasteiger partial charge in [0.1, 0.15) is 12.3 Å². The standard InChI is InChI=1S/C11H14N6O3.C5H13NO/c1-18-7-3-4-14-6(8(7)19-2)5-20-10-9(12)15-11(13)17-16-10;1-2-3-6-4-5-7/h3-4H,5H2,1-2H3,(H4,12,13,15,17);6-7H,2-5H2,1H3. The van der Waals surface area contributed by atoms with Gasteiger partial charge in [0.05, 0.1) is 20.8 Å². The highest BCUT2D eigenvalue weighted by Crippen LogP contribution is 2.29. The van der Waals surface area contributed by atoms with Gasteiger partial charge in [0.15, 0.2) is 17.3 Å². The third kappa shape index (κ3) is 7.46. The number of nitrogens with two attached hydrogens (primary N) is 2. The Kier molecular flexibility index (Phi) is 10.2. The molecular weight excluding hydrogens is 354 g/mol. The molecule has 0 bridgehead atoms. The van der Waals surface area contributed by atoms with Crippen LogP contribution in [-0.4, -0.2) is 59.2 Å². The normalized spacial score (nSPS) is 9.93. The average Bonchev–Trinajstić information content (AvgIpc) is 2.68. The van der Waals surface area contributed by atoms with Crippen LogP contribution in [-0.2, 0) is 6.61 Å². The zero-order chi connectivity index (χ0) is 20.1. The Morgan fingerprint density at radius 2 is 1.93 bits per heavy atom. The lowest BCUT2D eigenvalue weighted by molar-refractivity contribution is 0.273. The van der Waals surface area contributed by atoms with Crippen molar-refractivity contribution in [1.82, 2.24) is 25.5 Å². The number of hydrogen-bond acceptors (Lipinski definition) is 11. The van der Waals surface area contributed by atoms with Crippen LogP contribution in [0.4, 0.5) is 11.8 Å². The molecule has 2 rings (SSSR count). The summed E-state index contributed by atoms with van der Waals surface area (Å²) in [6, 6.07) is 1.68. The molecule has 11 nitrogen and oxygen atoms in total. The number of aliphatic hydroxyl groups is 1. The van der Waals surface area contributed by atoms with Crippen LogP contribution >= 0.6 is 0 Å². The summed E-state index contributed by atoms with van der Waals surface area (Å²) >= 11 is 0. The monoisotopic (exact) mass is 381 g/mol. The maximum atomic E-state index is 8.23. The summed E-state index contributed by atoms with van der Waals surface area (Å²) in [5.74, 6) is 1.14. The summed E-state index contributed by atoms with van der Waals surface area (Å²) in [6.45, 7) is 4.17. The molecule has 11 heteroatoms. The van der Waals surface area contributed by atoms with Gasteiger partial charge in [-0.05, 0) is 13.0 Å². The van der Waals surface area contributed by atoms with Crippen LogP contribution in [0.15, 0.2) is 12.3 Å². The van der Waals surface area contributed by atoms with E-state index < -0.39 is 0 Å². The van der Waals surface area contributed by atoms with Gasteiger partial charge in [-0.25, -0.2) is 0 Å². The van der Waals surface area contributed by atoms with E-state index in [0.29, 0.717) is 17.2 Å². The van der Waals surface area contributed by atoms with Crippen molar-refractivity contribution in [1.29, 1.82) is 0 Å². The fourth-order valence-electron chi connectivity index (χ4n) is 1.92. The van der Waals surface area contributed by atoms with E-state index in [0.717, 1.165) is 19.5 Å². The molecule has 0 amide bonds. The third-order valence-corrected chi connectivity index (χ3v) is 3.12. The number of nitrogens with zero attached hydrogens (tertiary/aromatic N) is 4. The van der Waals surface area contributed by atoms with E-state index in [-0.39, 0.29) is 30.9 Å². The summed E-state index contributed by atoms with van der Waals surface area (Å²) < 4.78 is 15.8. The van der Waals surface area contributed by atoms with Gasteiger partial charge in [-0.15, -0.1) is 10.2 Å². The first-order chi connectivity index (χ1) is 13.1. The van der Waals surface area contributed by atoms with Crippen molar-refractivity contribution < 1.29 is 19.3 Å². The molecule has 0 aliphatic heterocycles. The lowest BCUT2D eigenvalue weighted by Gasteiger charge is -2.12. The van der Waals surface area contributed by atoms with Gasteiger partial charge < -0.3 is 36.1 Å². The number of rotatable bonds is 9. The zero-order valence-corrected chi connectivity index (χ0v) is 15.8. The van der Waals surface area contributed by atoms with Crippen LogP contribution in [0.1, 0.15) is 19.0 Å². The summed E-state index contributed by atoms with van der Waals surface area (Å²) in [4.78, 5) is 7.90. The van der Waals surface area contributed by atoms with Crippen LogP contribution in [0.25, 0.3) is 0 Å². The number of pyridine rings is 1. The summed E-state index contributed by atoms with van der Waals surface area (Å²) in [7, 11) is 3.05. The van der Waals surface area contributed by atoms with E-state index in [2.05, 4.69) is 32.4 Å². The van der Waals surface area contributed by atoms with Gasteiger partial charge in [0, 0.05) is 18.8 Å². The molecule has 0 aliphatic rings. The van der Waals surface area contributed by atoms with Gasteiger partial charge in [-0.3, -0.25) is 4.98 Å². The Bertz CT molecular complexity index is 684. The van der Waals surface area contributed by atoms with Crippen molar-refractivity contribution in [3.8, 4) is 17.4 Å². The van der Waals surface area contributed by atoms with Crippen molar-refractivity contribution in [2.75, 3.05) is 45.4 Å². The smallest absolute Gasteiger partial charge is 0.277 e. The molecule has 0 unspecified atom stereocenters. The van der Waals surface area contributed by atoms with E-state index in [1.54, 1.807) is 12.3 Å². The van der Waals surface area contributed by atoms with Crippen LogP contribution in [0.2, 0.25) is 0 Å². The SMILES string of the molecule is CCCNCCO.COc1ccnc(COc2nnc(N)nc2N)c1OC. The molecule has 27 heavy (non-hydrogen) atoms. The molecule has 6 N–H and O–H groups in total. The Morgan fingerprint density at radius 3 is 2.52 bits per heavy atom. The minimum absolute atomic E-state index is 0.0214. The summed E-state index contributed by atoms with van der Waals surface area (Å²) in [5, 5.41) is 18.5. The van der Waals surface area contributed by atoms with Gasteiger partial charge in [0.25, 0.3) is 5.88 Å². The number of methoxy groups -OCH3 is 2. The first kappa shape index (κ1) is 22.1. The molecule has 0 aliphatic carbocycles.